The number of rotatable bonds is 5. The second kappa shape index (κ2) is 7.94. The minimum Gasteiger partial charge on any atom is -0.347 e. The monoisotopic (exact) mass is 308 g/mol. The normalized spacial score (nSPS) is 10.5. The molecule has 0 aliphatic rings. The molecule has 0 unspecified atom stereocenters. The Morgan fingerprint density at radius 2 is 1.48 bits per heavy atom. The average Bonchev–Trinajstić information content (AvgIpc) is 2.59. The van der Waals surface area contributed by atoms with Gasteiger partial charge < -0.3 is 4.90 Å². The maximum Gasteiger partial charge on any atom is 0.251 e. The number of nitrogens with zero attached hydrogens (tertiary/aromatic N) is 2. The molecule has 0 spiro atoms. The van der Waals surface area contributed by atoms with Gasteiger partial charge in [-0.15, -0.1) is 0 Å². The fourth-order valence-corrected chi connectivity index (χ4v) is 2.00. The first-order chi connectivity index (χ1) is 11.1. The third-order valence-corrected chi connectivity index (χ3v) is 3.34. The van der Waals surface area contributed by atoms with Crippen LogP contribution in [0.4, 0.5) is 5.69 Å². The molecule has 2 aromatic rings. The van der Waals surface area contributed by atoms with Crippen LogP contribution in [0, 0.1) is 0 Å². The Hall–Kier alpha value is -2.88. The SMILES string of the molecule is CN(C)C(=O)CN(C(=O)/C=C/c1ccccc1)c1ccccc1. The first kappa shape index (κ1) is 16.5. The van der Waals surface area contributed by atoms with Crippen LogP contribution in [0.15, 0.2) is 66.7 Å². The zero-order valence-electron chi connectivity index (χ0n) is 13.3. The van der Waals surface area contributed by atoms with Crippen molar-refractivity contribution in [2.75, 3.05) is 25.5 Å². The van der Waals surface area contributed by atoms with Crippen LogP contribution >= 0.6 is 0 Å². The van der Waals surface area contributed by atoms with Crippen molar-refractivity contribution in [1.29, 1.82) is 0 Å². The van der Waals surface area contributed by atoms with Crippen molar-refractivity contribution in [2.45, 2.75) is 0 Å². The summed E-state index contributed by atoms with van der Waals surface area (Å²) in [5, 5.41) is 0. The molecule has 0 N–H and O–H groups in total. The highest BCUT2D eigenvalue weighted by Gasteiger charge is 2.17. The quantitative estimate of drug-likeness (QED) is 0.797. The Morgan fingerprint density at radius 1 is 0.913 bits per heavy atom. The Balaban J connectivity index is 2.21. The van der Waals surface area contributed by atoms with Crippen molar-refractivity contribution in [3.63, 3.8) is 0 Å². The lowest BCUT2D eigenvalue weighted by Crippen LogP contribution is -2.39. The van der Waals surface area contributed by atoms with E-state index in [0.29, 0.717) is 5.69 Å². The van der Waals surface area contributed by atoms with E-state index in [4.69, 9.17) is 0 Å². The molecule has 2 aromatic carbocycles. The number of likely N-dealkylation sites (N-methyl/N-ethyl adjacent to an activating group) is 1. The van der Waals surface area contributed by atoms with Gasteiger partial charge in [-0.2, -0.15) is 0 Å². The van der Waals surface area contributed by atoms with Crippen LogP contribution in [-0.2, 0) is 9.59 Å². The van der Waals surface area contributed by atoms with Gasteiger partial charge in [-0.3, -0.25) is 14.5 Å². The molecule has 2 amide bonds. The number of amides is 2. The number of carbonyl (C=O) groups is 2. The van der Waals surface area contributed by atoms with Gasteiger partial charge in [-0.25, -0.2) is 0 Å². The van der Waals surface area contributed by atoms with Gasteiger partial charge in [-0.1, -0.05) is 48.5 Å². The van der Waals surface area contributed by atoms with E-state index in [1.807, 2.05) is 60.7 Å². The standard InChI is InChI=1S/C19H20N2O2/c1-20(2)19(23)15-21(17-11-7-4-8-12-17)18(22)14-13-16-9-5-3-6-10-16/h3-14H,15H2,1-2H3/b14-13+. The van der Waals surface area contributed by atoms with Crippen molar-refractivity contribution in [2.24, 2.45) is 0 Å². The van der Waals surface area contributed by atoms with Gasteiger partial charge in [0.1, 0.15) is 6.54 Å². The molecule has 0 aliphatic heterocycles. The number of anilines is 1. The average molecular weight is 308 g/mol. The first-order valence-electron chi connectivity index (χ1n) is 7.38. The molecule has 0 saturated heterocycles. The minimum atomic E-state index is -0.227. The summed E-state index contributed by atoms with van der Waals surface area (Å²) >= 11 is 0. The summed E-state index contributed by atoms with van der Waals surface area (Å²) in [6.07, 6.45) is 3.24. The zero-order chi connectivity index (χ0) is 16.7. The molecule has 118 valence electrons. The number of carbonyl (C=O) groups excluding carboxylic acids is 2. The number of hydrogen-bond acceptors (Lipinski definition) is 2. The van der Waals surface area contributed by atoms with Crippen LogP contribution in [0.2, 0.25) is 0 Å². The zero-order valence-corrected chi connectivity index (χ0v) is 13.3. The molecule has 0 saturated carbocycles. The molecule has 0 bridgehead atoms. The predicted octanol–water partition coefficient (Wildman–Crippen LogP) is 2.82. The Labute approximate surface area is 136 Å². The van der Waals surface area contributed by atoms with Gasteiger partial charge in [0, 0.05) is 25.9 Å². The summed E-state index contributed by atoms with van der Waals surface area (Å²) in [4.78, 5) is 27.5. The number of hydrogen-bond donors (Lipinski definition) is 0. The summed E-state index contributed by atoms with van der Waals surface area (Å²) in [5.41, 5.74) is 1.64. The van der Waals surface area contributed by atoms with Crippen molar-refractivity contribution in [3.8, 4) is 0 Å². The molecule has 0 radical (unpaired) electrons. The minimum absolute atomic E-state index is 0.00891. The van der Waals surface area contributed by atoms with E-state index in [1.165, 1.54) is 15.9 Å². The van der Waals surface area contributed by atoms with Crippen molar-refractivity contribution >= 4 is 23.6 Å². The number of benzene rings is 2. The van der Waals surface area contributed by atoms with Crippen molar-refractivity contribution in [3.05, 3.63) is 72.3 Å². The first-order valence-corrected chi connectivity index (χ1v) is 7.38. The number of para-hydroxylation sites is 1. The lowest BCUT2D eigenvalue weighted by molar-refractivity contribution is -0.128. The molecule has 0 atom stereocenters. The van der Waals surface area contributed by atoms with Crippen LogP contribution in [0.25, 0.3) is 6.08 Å². The largest absolute Gasteiger partial charge is 0.347 e. The molecule has 0 aromatic heterocycles. The highest BCUT2D eigenvalue weighted by molar-refractivity contribution is 6.06. The Bertz CT molecular complexity index is 679. The van der Waals surface area contributed by atoms with Crippen LogP contribution in [-0.4, -0.2) is 37.4 Å². The van der Waals surface area contributed by atoms with E-state index in [-0.39, 0.29) is 18.4 Å². The molecule has 4 nitrogen and oxygen atoms in total. The smallest absolute Gasteiger partial charge is 0.251 e. The lowest BCUT2D eigenvalue weighted by atomic mass is 10.2. The van der Waals surface area contributed by atoms with Gasteiger partial charge in [-0.05, 0) is 23.8 Å². The highest BCUT2D eigenvalue weighted by atomic mass is 16.2. The topological polar surface area (TPSA) is 40.6 Å². The fourth-order valence-electron chi connectivity index (χ4n) is 2.00. The van der Waals surface area contributed by atoms with Gasteiger partial charge in [0.15, 0.2) is 0 Å². The summed E-state index contributed by atoms with van der Waals surface area (Å²) in [5.74, 6) is -0.356. The molecule has 0 fully saturated rings. The molecule has 2 rings (SSSR count). The molecule has 4 heteroatoms. The van der Waals surface area contributed by atoms with Gasteiger partial charge in [0.05, 0.1) is 0 Å². The summed E-state index contributed by atoms with van der Waals surface area (Å²) in [6.45, 7) is 0.00891. The second-order valence-corrected chi connectivity index (χ2v) is 5.29. The van der Waals surface area contributed by atoms with Crippen LogP contribution < -0.4 is 4.90 Å². The van der Waals surface area contributed by atoms with E-state index in [0.717, 1.165) is 5.56 Å². The predicted molar refractivity (Wildman–Crippen MR) is 93.0 cm³/mol. The third-order valence-electron chi connectivity index (χ3n) is 3.34. The van der Waals surface area contributed by atoms with Crippen LogP contribution in [0.1, 0.15) is 5.56 Å². The van der Waals surface area contributed by atoms with E-state index >= 15 is 0 Å². The van der Waals surface area contributed by atoms with E-state index in [2.05, 4.69) is 0 Å². The van der Waals surface area contributed by atoms with Crippen LogP contribution in [0.5, 0.6) is 0 Å². The van der Waals surface area contributed by atoms with Crippen molar-refractivity contribution in [1.82, 2.24) is 4.90 Å². The summed E-state index contributed by atoms with van der Waals surface area (Å²) in [7, 11) is 3.35. The van der Waals surface area contributed by atoms with E-state index in [9.17, 15) is 9.59 Å². The van der Waals surface area contributed by atoms with Crippen LogP contribution in [0.3, 0.4) is 0 Å². The fraction of sp³-hybridized carbons (Fsp3) is 0.158. The maximum atomic E-state index is 12.5. The third kappa shape index (κ3) is 4.81. The summed E-state index contributed by atoms with van der Waals surface area (Å²) in [6, 6.07) is 18.8. The second-order valence-electron chi connectivity index (χ2n) is 5.29. The van der Waals surface area contributed by atoms with E-state index in [1.54, 1.807) is 20.2 Å². The van der Waals surface area contributed by atoms with Gasteiger partial charge in [0.25, 0.3) is 5.91 Å². The molecule has 0 aliphatic carbocycles. The van der Waals surface area contributed by atoms with Crippen molar-refractivity contribution < 1.29 is 9.59 Å². The molecule has 0 heterocycles. The van der Waals surface area contributed by atoms with E-state index < -0.39 is 0 Å². The van der Waals surface area contributed by atoms with Gasteiger partial charge >= 0.3 is 0 Å². The Kier molecular flexibility index (Phi) is 5.69. The molecule has 23 heavy (non-hydrogen) atoms. The van der Waals surface area contributed by atoms with Gasteiger partial charge in [0.2, 0.25) is 5.91 Å². The molecular formula is C19H20N2O2. The molecular weight excluding hydrogens is 288 g/mol. The summed E-state index contributed by atoms with van der Waals surface area (Å²) < 4.78 is 0. The Morgan fingerprint density at radius 3 is 2.04 bits per heavy atom. The highest BCUT2D eigenvalue weighted by Crippen LogP contribution is 2.14. The maximum absolute atomic E-state index is 12.5. The lowest BCUT2D eigenvalue weighted by Gasteiger charge is -2.22.